The third kappa shape index (κ3) is 3.04. The molecule has 1 saturated carbocycles. The number of nitrogens with zero attached hydrogens (tertiary/aromatic N) is 2. The van der Waals surface area contributed by atoms with E-state index in [4.69, 9.17) is 11.6 Å². The van der Waals surface area contributed by atoms with E-state index in [1.54, 1.807) is 19.2 Å². The third-order valence-corrected chi connectivity index (χ3v) is 8.27. The summed E-state index contributed by atoms with van der Waals surface area (Å²) in [5.41, 5.74) is -0.780. The van der Waals surface area contributed by atoms with Crippen LogP contribution in [0.3, 0.4) is 0 Å². The highest BCUT2D eigenvalue weighted by molar-refractivity contribution is 7.91. The fourth-order valence-corrected chi connectivity index (χ4v) is 6.39. The highest BCUT2D eigenvalue weighted by Crippen LogP contribution is 2.58. The van der Waals surface area contributed by atoms with Crippen LogP contribution in [0.2, 0.25) is 5.02 Å². The minimum absolute atomic E-state index is 0.0145. The molecule has 0 bridgehead atoms. The zero-order chi connectivity index (χ0) is 20.1. The monoisotopic (exact) mass is 437 g/mol. The molecule has 0 spiro atoms. The lowest BCUT2D eigenvalue weighted by molar-refractivity contribution is -0.140. The van der Waals surface area contributed by atoms with Gasteiger partial charge in [-0.3, -0.25) is 4.79 Å². The van der Waals surface area contributed by atoms with Crippen molar-refractivity contribution in [1.29, 1.82) is 0 Å². The summed E-state index contributed by atoms with van der Waals surface area (Å²) in [5.74, 6) is -2.01. The first-order valence-corrected chi connectivity index (χ1v) is 11.1. The summed E-state index contributed by atoms with van der Waals surface area (Å²) in [6.07, 6.45) is 3.01. The molecule has 2 heterocycles. The zero-order valence-corrected chi connectivity index (χ0v) is 17.0. The molecule has 1 fully saturated rings. The van der Waals surface area contributed by atoms with E-state index < -0.39 is 27.4 Å². The molecule has 1 aliphatic rings. The summed E-state index contributed by atoms with van der Waals surface area (Å²) in [6.45, 7) is 1.74. The summed E-state index contributed by atoms with van der Waals surface area (Å²) in [6, 6.07) is 12.1. The molecule has 0 amide bonds. The Bertz CT molecular complexity index is 1140. The van der Waals surface area contributed by atoms with Crippen molar-refractivity contribution in [3.05, 3.63) is 65.4 Å². The van der Waals surface area contributed by atoms with Crippen molar-refractivity contribution >= 4 is 38.9 Å². The average Bonchev–Trinajstić information content (AvgIpc) is 3.06. The molecule has 10 heteroatoms. The zero-order valence-electron chi connectivity index (χ0n) is 14.6. The molecule has 4 rings (SSSR count). The lowest BCUT2D eigenvalue weighted by Gasteiger charge is -2.15. The van der Waals surface area contributed by atoms with Crippen molar-refractivity contribution in [1.82, 2.24) is 14.5 Å². The molecule has 0 unspecified atom stereocenters. The molecule has 3 aromatic rings. The van der Waals surface area contributed by atoms with E-state index in [0.29, 0.717) is 10.0 Å². The van der Waals surface area contributed by atoms with Gasteiger partial charge in [-0.25, -0.2) is 13.1 Å². The normalized spacial score (nSPS) is 24.2. The number of sulfonamides is 1. The van der Waals surface area contributed by atoms with Crippen molar-refractivity contribution in [2.45, 2.75) is 22.6 Å². The standard InChI is InChI=1S/C18H16ClN3O4S2/c1-11-16(12-5-3-2-4-6-12)18(11,17(23)24)21-28(25,26)15-8-7-14(27-15)22-10-13(19)9-20-22/h2-11,16,21H,1H3,(H,23,24)/t11-,16+,18-/m0/s1. The molecular weight excluding hydrogens is 422 g/mol. The molecule has 1 aromatic carbocycles. The van der Waals surface area contributed by atoms with Crippen LogP contribution in [0.4, 0.5) is 0 Å². The van der Waals surface area contributed by atoms with Crippen LogP contribution in [0.25, 0.3) is 5.00 Å². The number of halogens is 1. The topological polar surface area (TPSA) is 101 Å². The summed E-state index contributed by atoms with van der Waals surface area (Å²) in [4.78, 5) is 12.1. The Morgan fingerprint density at radius 1 is 1.29 bits per heavy atom. The van der Waals surface area contributed by atoms with E-state index in [1.807, 2.05) is 30.3 Å². The second-order valence-corrected chi connectivity index (χ2v) is 10.1. The lowest BCUT2D eigenvalue weighted by atomic mass is 10.1. The van der Waals surface area contributed by atoms with Gasteiger partial charge in [-0.15, -0.1) is 11.3 Å². The largest absolute Gasteiger partial charge is 0.480 e. The fraction of sp³-hybridized carbons (Fsp3) is 0.222. The Labute approximate surface area is 170 Å². The minimum Gasteiger partial charge on any atom is -0.480 e. The van der Waals surface area contributed by atoms with E-state index in [9.17, 15) is 18.3 Å². The van der Waals surface area contributed by atoms with E-state index >= 15 is 0 Å². The first-order valence-electron chi connectivity index (χ1n) is 8.38. The van der Waals surface area contributed by atoms with Crippen LogP contribution in [-0.4, -0.2) is 34.8 Å². The number of hydrogen-bond acceptors (Lipinski definition) is 5. The van der Waals surface area contributed by atoms with Crippen LogP contribution in [0.5, 0.6) is 0 Å². The number of aromatic nitrogens is 2. The average molecular weight is 438 g/mol. The smallest absolute Gasteiger partial charge is 0.325 e. The van der Waals surface area contributed by atoms with Gasteiger partial charge in [-0.2, -0.15) is 9.82 Å². The van der Waals surface area contributed by atoms with Gasteiger partial charge in [-0.05, 0) is 23.6 Å². The van der Waals surface area contributed by atoms with Gasteiger partial charge in [0.1, 0.15) is 14.7 Å². The Hall–Kier alpha value is -2.20. The van der Waals surface area contributed by atoms with Crippen molar-refractivity contribution < 1.29 is 18.3 Å². The predicted molar refractivity (Wildman–Crippen MR) is 105 cm³/mol. The van der Waals surface area contributed by atoms with Crippen molar-refractivity contribution in [3.63, 3.8) is 0 Å². The number of carbonyl (C=O) groups is 1. The Balaban J connectivity index is 1.65. The minimum atomic E-state index is -4.04. The van der Waals surface area contributed by atoms with Gasteiger partial charge < -0.3 is 5.11 Å². The van der Waals surface area contributed by atoms with Crippen molar-refractivity contribution in [2.24, 2.45) is 5.92 Å². The Kier molecular flexibility index (Phi) is 4.58. The van der Waals surface area contributed by atoms with Gasteiger partial charge in [0.25, 0.3) is 10.0 Å². The summed E-state index contributed by atoms with van der Waals surface area (Å²) < 4.78 is 29.8. The van der Waals surface area contributed by atoms with Crippen LogP contribution in [0.1, 0.15) is 18.4 Å². The number of benzene rings is 1. The summed E-state index contributed by atoms with van der Waals surface area (Å²) in [7, 11) is -4.04. The fourth-order valence-electron chi connectivity index (χ4n) is 3.57. The molecule has 0 radical (unpaired) electrons. The number of carboxylic acids is 1. The molecule has 1 aliphatic carbocycles. The van der Waals surface area contributed by atoms with Crippen LogP contribution in [-0.2, 0) is 14.8 Å². The SMILES string of the molecule is C[C@H]1[C@H](c2ccccc2)[C@]1(NS(=O)(=O)c1ccc(-n2cc(Cl)cn2)s1)C(=O)O. The quantitative estimate of drug-likeness (QED) is 0.617. The maximum Gasteiger partial charge on any atom is 0.325 e. The molecular formula is C18H16ClN3O4S2. The van der Waals surface area contributed by atoms with Crippen molar-refractivity contribution in [2.75, 3.05) is 0 Å². The molecule has 2 aromatic heterocycles. The van der Waals surface area contributed by atoms with E-state index in [2.05, 4.69) is 9.82 Å². The third-order valence-electron chi connectivity index (χ3n) is 5.02. The van der Waals surface area contributed by atoms with Gasteiger partial charge in [0, 0.05) is 5.92 Å². The van der Waals surface area contributed by atoms with Crippen LogP contribution < -0.4 is 4.72 Å². The highest BCUT2D eigenvalue weighted by atomic mass is 35.5. The van der Waals surface area contributed by atoms with E-state index in [-0.39, 0.29) is 10.1 Å². The van der Waals surface area contributed by atoms with Gasteiger partial charge in [0.05, 0.1) is 17.4 Å². The maximum absolute atomic E-state index is 12.9. The molecule has 2 N–H and O–H groups in total. The van der Waals surface area contributed by atoms with Gasteiger partial charge in [-0.1, -0.05) is 48.9 Å². The molecule has 3 atom stereocenters. The molecule has 0 saturated heterocycles. The number of hydrogen-bond donors (Lipinski definition) is 2. The van der Waals surface area contributed by atoms with Crippen LogP contribution in [0, 0.1) is 5.92 Å². The highest BCUT2D eigenvalue weighted by Gasteiger charge is 2.70. The summed E-state index contributed by atoms with van der Waals surface area (Å²) >= 11 is 6.84. The van der Waals surface area contributed by atoms with Gasteiger partial charge >= 0.3 is 5.97 Å². The number of carboxylic acid groups (broad SMARTS) is 1. The van der Waals surface area contributed by atoms with Crippen LogP contribution >= 0.6 is 22.9 Å². The number of rotatable bonds is 6. The first kappa shape index (κ1) is 19.1. The van der Waals surface area contributed by atoms with E-state index in [0.717, 1.165) is 16.9 Å². The molecule has 146 valence electrons. The number of nitrogens with one attached hydrogen (secondary N) is 1. The van der Waals surface area contributed by atoms with E-state index in [1.165, 1.54) is 16.9 Å². The molecule has 7 nitrogen and oxygen atoms in total. The second kappa shape index (κ2) is 6.70. The number of aliphatic carboxylic acids is 1. The van der Waals surface area contributed by atoms with Crippen molar-refractivity contribution in [3.8, 4) is 5.00 Å². The number of thiophene rings is 1. The molecule has 0 aliphatic heterocycles. The van der Waals surface area contributed by atoms with Gasteiger partial charge in [0.2, 0.25) is 0 Å². The first-order chi connectivity index (χ1) is 13.3. The Morgan fingerprint density at radius 2 is 2.00 bits per heavy atom. The molecule has 28 heavy (non-hydrogen) atoms. The Morgan fingerprint density at radius 3 is 2.61 bits per heavy atom. The predicted octanol–water partition coefficient (Wildman–Crippen LogP) is 3.12. The summed E-state index contributed by atoms with van der Waals surface area (Å²) in [5, 5.41) is 14.9. The second-order valence-electron chi connectivity index (χ2n) is 6.65. The van der Waals surface area contributed by atoms with Gasteiger partial charge in [0.15, 0.2) is 0 Å². The lowest BCUT2D eigenvalue weighted by Crippen LogP contribution is -2.45. The van der Waals surface area contributed by atoms with Crippen LogP contribution in [0.15, 0.2) is 59.1 Å². The maximum atomic E-state index is 12.9.